The van der Waals surface area contributed by atoms with E-state index >= 15 is 0 Å². The monoisotopic (exact) mass is 249 g/mol. The minimum Gasteiger partial charge on any atom is -0.748 e. The third kappa shape index (κ3) is 10.1. The Hall–Kier alpha value is -0.390. The number of allylic oxidation sites excluding steroid dienone is 1. The van der Waals surface area contributed by atoms with E-state index in [-0.39, 0.29) is 0 Å². The average molecular weight is 249 g/mol. The van der Waals surface area contributed by atoms with Gasteiger partial charge in [0.05, 0.1) is 43.1 Å². The summed E-state index contributed by atoms with van der Waals surface area (Å²) in [5.74, 6) is -0.399. The van der Waals surface area contributed by atoms with Gasteiger partial charge in [-0.15, -0.1) is 0 Å². The van der Waals surface area contributed by atoms with Crippen LogP contribution in [-0.2, 0) is 10.1 Å². The quantitative estimate of drug-likeness (QED) is 0.422. The van der Waals surface area contributed by atoms with Gasteiger partial charge in [-0.2, -0.15) is 0 Å². The molecule has 1 aliphatic heterocycles. The number of piperidine rings is 1. The largest absolute Gasteiger partial charge is 0.748 e. The zero-order chi connectivity index (χ0) is 12.7. The van der Waals surface area contributed by atoms with E-state index < -0.39 is 15.9 Å². The lowest BCUT2D eigenvalue weighted by atomic mass is 10.1. The molecule has 1 rings (SSSR count). The van der Waals surface area contributed by atoms with Gasteiger partial charge in [-0.3, -0.25) is 0 Å². The van der Waals surface area contributed by atoms with Gasteiger partial charge in [0, 0.05) is 0 Å². The van der Waals surface area contributed by atoms with Crippen LogP contribution < -0.4 is 0 Å². The minimum atomic E-state index is -4.02. The molecule has 0 aliphatic carbocycles. The lowest BCUT2D eigenvalue weighted by Gasteiger charge is -2.33. The van der Waals surface area contributed by atoms with E-state index in [1.807, 2.05) is 0 Å². The molecule has 0 radical (unpaired) electrons. The third-order valence-corrected chi connectivity index (χ3v) is 3.16. The van der Waals surface area contributed by atoms with Crippen molar-refractivity contribution >= 4 is 10.1 Å². The smallest absolute Gasteiger partial charge is 0.0982 e. The van der Waals surface area contributed by atoms with Gasteiger partial charge < -0.3 is 9.04 Å². The predicted molar refractivity (Wildman–Crippen MR) is 65.1 cm³/mol. The summed E-state index contributed by atoms with van der Waals surface area (Å²) in [4.78, 5) is 0. The van der Waals surface area contributed by atoms with Gasteiger partial charge in [0.15, 0.2) is 0 Å². The summed E-state index contributed by atoms with van der Waals surface area (Å²) >= 11 is 0. The SMILES string of the molecule is C/C=C/CS(=O)(=O)[O-].C[N+]1(C)CCCCC1. The Labute approximate surface area is 99.3 Å². The molecular formula is C11H23NO3S. The molecule has 96 valence electrons. The summed E-state index contributed by atoms with van der Waals surface area (Å²) in [5, 5.41) is 0. The fourth-order valence-electron chi connectivity index (χ4n) is 1.58. The zero-order valence-electron chi connectivity index (χ0n) is 10.5. The standard InChI is InChI=1S/C7H16N.C4H8O3S/c1-8(2)6-4-3-5-7-8;1-2-3-4-8(5,6)7/h3-7H2,1-2H3;2-3H,4H2,1H3,(H,5,6,7)/q+1;/p-1/b;3-2+. The molecule has 0 atom stereocenters. The van der Waals surface area contributed by atoms with E-state index in [1.54, 1.807) is 6.92 Å². The molecule has 1 fully saturated rings. The van der Waals surface area contributed by atoms with Crippen LogP contribution in [0.2, 0.25) is 0 Å². The first-order valence-corrected chi connectivity index (χ1v) is 7.21. The molecule has 16 heavy (non-hydrogen) atoms. The van der Waals surface area contributed by atoms with Crippen LogP contribution in [0.15, 0.2) is 12.2 Å². The maximum atomic E-state index is 9.78. The van der Waals surface area contributed by atoms with Crippen molar-refractivity contribution in [2.24, 2.45) is 0 Å². The van der Waals surface area contributed by atoms with E-state index in [2.05, 4.69) is 14.1 Å². The van der Waals surface area contributed by atoms with Gasteiger partial charge in [0.25, 0.3) is 0 Å². The molecule has 5 heteroatoms. The number of quaternary nitrogens is 1. The van der Waals surface area contributed by atoms with Crippen LogP contribution in [0.4, 0.5) is 0 Å². The highest BCUT2D eigenvalue weighted by Gasteiger charge is 2.17. The van der Waals surface area contributed by atoms with Crippen molar-refractivity contribution in [1.82, 2.24) is 0 Å². The average Bonchev–Trinajstić information content (AvgIpc) is 2.14. The van der Waals surface area contributed by atoms with Crippen molar-refractivity contribution in [3.05, 3.63) is 12.2 Å². The summed E-state index contributed by atoms with van der Waals surface area (Å²) in [6, 6.07) is 0. The summed E-state index contributed by atoms with van der Waals surface area (Å²) in [5.41, 5.74) is 0. The lowest BCUT2D eigenvalue weighted by Crippen LogP contribution is -2.43. The van der Waals surface area contributed by atoms with E-state index in [0.717, 1.165) is 0 Å². The molecule has 0 aromatic rings. The highest BCUT2D eigenvalue weighted by Crippen LogP contribution is 2.12. The molecule has 0 saturated carbocycles. The van der Waals surface area contributed by atoms with Crippen molar-refractivity contribution in [3.8, 4) is 0 Å². The second-order valence-electron chi connectivity index (χ2n) is 4.74. The number of hydrogen-bond acceptors (Lipinski definition) is 3. The number of hydrogen-bond donors (Lipinski definition) is 0. The highest BCUT2D eigenvalue weighted by atomic mass is 32.2. The van der Waals surface area contributed by atoms with Gasteiger partial charge in [0.1, 0.15) is 0 Å². The molecule has 1 heterocycles. The molecule has 0 spiro atoms. The summed E-state index contributed by atoms with van der Waals surface area (Å²) < 4.78 is 30.6. The summed E-state index contributed by atoms with van der Waals surface area (Å²) in [6.45, 7) is 4.44. The van der Waals surface area contributed by atoms with E-state index in [9.17, 15) is 13.0 Å². The maximum Gasteiger partial charge on any atom is 0.0982 e. The Bertz CT molecular complexity index is 299. The van der Waals surface area contributed by atoms with Crippen LogP contribution in [0.1, 0.15) is 26.2 Å². The van der Waals surface area contributed by atoms with Crippen molar-refractivity contribution < 1.29 is 17.5 Å². The van der Waals surface area contributed by atoms with E-state index in [0.29, 0.717) is 0 Å². The van der Waals surface area contributed by atoms with E-state index in [4.69, 9.17) is 0 Å². The van der Waals surface area contributed by atoms with Crippen LogP contribution in [0.5, 0.6) is 0 Å². The highest BCUT2D eigenvalue weighted by molar-refractivity contribution is 7.85. The molecule has 0 N–H and O–H groups in total. The van der Waals surface area contributed by atoms with Crippen molar-refractivity contribution in [2.75, 3.05) is 32.9 Å². The van der Waals surface area contributed by atoms with Gasteiger partial charge in [-0.25, -0.2) is 8.42 Å². The van der Waals surface area contributed by atoms with Gasteiger partial charge in [-0.05, 0) is 26.2 Å². The Balaban J connectivity index is 0.000000281. The third-order valence-electron chi connectivity index (χ3n) is 2.56. The maximum absolute atomic E-state index is 9.78. The predicted octanol–water partition coefficient (Wildman–Crippen LogP) is 1.35. The molecule has 0 aromatic heterocycles. The van der Waals surface area contributed by atoms with Crippen LogP contribution in [0.25, 0.3) is 0 Å². The first-order valence-electron chi connectivity index (χ1n) is 5.63. The number of likely N-dealkylation sites (tertiary alicyclic amines) is 1. The molecule has 0 aromatic carbocycles. The van der Waals surface area contributed by atoms with Gasteiger partial charge in [-0.1, -0.05) is 12.2 Å². The van der Waals surface area contributed by atoms with Gasteiger partial charge in [0.2, 0.25) is 0 Å². The molecule has 0 unspecified atom stereocenters. The molecule has 1 saturated heterocycles. The van der Waals surface area contributed by atoms with Crippen LogP contribution in [-0.4, -0.2) is 50.4 Å². The van der Waals surface area contributed by atoms with Crippen molar-refractivity contribution in [1.29, 1.82) is 0 Å². The van der Waals surface area contributed by atoms with Crippen LogP contribution in [0.3, 0.4) is 0 Å². The van der Waals surface area contributed by atoms with Crippen molar-refractivity contribution in [3.63, 3.8) is 0 Å². The minimum absolute atomic E-state index is 0.399. The molecular weight excluding hydrogens is 226 g/mol. The van der Waals surface area contributed by atoms with Crippen molar-refractivity contribution in [2.45, 2.75) is 26.2 Å². The number of nitrogens with zero attached hydrogens (tertiary/aromatic N) is 1. The number of rotatable bonds is 2. The molecule has 0 bridgehead atoms. The summed E-state index contributed by atoms with van der Waals surface area (Å²) in [6.07, 6.45) is 7.17. The Morgan fingerprint density at radius 2 is 1.69 bits per heavy atom. The fraction of sp³-hybridized carbons (Fsp3) is 0.818. The van der Waals surface area contributed by atoms with Crippen LogP contribution >= 0.6 is 0 Å². The van der Waals surface area contributed by atoms with Gasteiger partial charge >= 0.3 is 0 Å². The Kier molecular flexibility index (Phi) is 6.87. The van der Waals surface area contributed by atoms with E-state index in [1.165, 1.54) is 49.0 Å². The summed E-state index contributed by atoms with van der Waals surface area (Å²) in [7, 11) is 0.614. The molecule has 1 aliphatic rings. The second kappa shape index (κ2) is 7.04. The Morgan fingerprint density at radius 1 is 1.19 bits per heavy atom. The lowest BCUT2D eigenvalue weighted by molar-refractivity contribution is -0.894. The fourth-order valence-corrected chi connectivity index (χ4v) is 2.01. The molecule has 0 amide bonds. The Morgan fingerprint density at radius 3 is 1.88 bits per heavy atom. The topological polar surface area (TPSA) is 57.2 Å². The zero-order valence-corrected chi connectivity index (χ0v) is 11.3. The normalized spacial score (nSPS) is 20.2. The first-order chi connectivity index (χ1) is 7.27. The first kappa shape index (κ1) is 15.6. The molecule has 4 nitrogen and oxygen atoms in total. The second-order valence-corrected chi connectivity index (χ2v) is 6.19. The van der Waals surface area contributed by atoms with Crippen LogP contribution in [0, 0.1) is 0 Å².